The minimum atomic E-state index is -0.829. The van der Waals surface area contributed by atoms with Crippen molar-refractivity contribution in [2.75, 3.05) is 31.1 Å². The Balaban J connectivity index is 2.62. The van der Waals surface area contributed by atoms with Crippen molar-refractivity contribution in [3.8, 4) is 0 Å². The molecule has 0 amide bonds. The average Bonchev–Trinajstić information content (AvgIpc) is 2.37. The number of anilines is 1. The largest absolute Gasteiger partial charge is 0.478 e. The van der Waals surface area contributed by atoms with Gasteiger partial charge in [-0.2, -0.15) is 0 Å². The number of nitrogens with zero attached hydrogens (tertiary/aromatic N) is 1. The predicted octanol–water partition coefficient (Wildman–Crippen LogP) is 2.32. The van der Waals surface area contributed by atoms with Gasteiger partial charge in [0.05, 0.1) is 5.56 Å². The number of carboxylic acid groups (broad SMARTS) is 1. The average molecular weight is 374 g/mol. The summed E-state index contributed by atoms with van der Waals surface area (Å²) in [6.45, 7) is 9.67. The van der Waals surface area contributed by atoms with Crippen molar-refractivity contribution < 1.29 is 9.90 Å². The molecule has 0 spiro atoms. The lowest BCUT2D eigenvalue weighted by Crippen LogP contribution is -2.44. The van der Waals surface area contributed by atoms with Crippen LogP contribution in [0.2, 0.25) is 0 Å². The molecule has 104 valence electrons. The van der Waals surface area contributed by atoms with E-state index in [2.05, 4.69) is 39.7 Å². The molecular formula is C14H19IN2O2. The van der Waals surface area contributed by atoms with Crippen molar-refractivity contribution in [1.29, 1.82) is 0 Å². The van der Waals surface area contributed by atoms with Crippen LogP contribution in [0, 0.1) is 24.3 Å². The van der Waals surface area contributed by atoms with E-state index in [1.54, 1.807) is 0 Å². The second kappa shape index (κ2) is 5.66. The number of benzene rings is 1. The Morgan fingerprint density at radius 3 is 2.26 bits per heavy atom. The third kappa shape index (κ3) is 2.58. The van der Waals surface area contributed by atoms with Crippen molar-refractivity contribution in [3.05, 3.63) is 25.8 Å². The Hall–Kier alpha value is -0.820. The van der Waals surface area contributed by atoms with Crippen LogP contribution in [0.5, 0.6) is 0 Å². The van der Waals surface area contributed by atoms with Gasteiger partial charge < -0.3 is 15.3 Å². The fourth-order valence-electron chi connectivity index (χ4n) is 2.86. The van der Waals surface area contributed by atoms with E-state index in [1.165, 1.54) is 5.56 Å². The zero-order valence-electron chi connectivity index (χ0n) is 11.5. The van der Waals surface area contributed by atoms with Gasteiger partial charge in [0.2, 0.25) is 0 Å². The summed E-state index contributed by atoms with van der Waals surface area (Å²) < 4.78 is 1.06. The highest BCUT2D eigenvalue weighted by atomic mass is 127. The molecule has 19 heavy (non-hydrogen) atoms. The number of aromatic carboxylic acids is 1. The molecule has 1 aromatic rings. The number of nitrogens with one attached hydrogen (secondary N) is 1. The molecule has 2 rings (SSSR count). The standard InChI is InChI=1S/C14H19IN2O2/c1-8-11(14(18)19)9(2)13(10(3)12(8)15)17-6-4-16-5-7-17/h16H,4-7H2,1-3H3,(H,18,19). The normalized spacial score (nSPS) is 15.7. The van der Waals surface area contributed by atoms with Gasteiger partial charge in [0.15, 0.2) is 0 Å². The highest BCUT2D eigenvalue weighted by molar-refractivity contribution is 14.1. The minimum Gasteiger partial charge on any atom is -0.478 e. The van der Waals surface area contributed by atoms with Crippen molar-refractivity contribution in [2.45, 2.75) is 20.8 Å². The van der Waals surface area contributed by atoms with Gasteiger partial charge in [0, 0.05) is 35.4 Å². The van der Waals surface area contributed by atoms with E-state index < -0.39 is 5.97 Å². The molecule has 1 aromatic carbocycles. The third-order valence-corrected chi connectivity index (χ3v) is 5.38. The molecule has 4 nitrogen and oxygen atoms in total. The third-order valence-electron chi connectivity index (χ3n) is 3.77. The van der Waals surface area contributed by atoms with E-state index in [9.17, 15) is 9.90 Å². The van der Waals surface area contributed by atoms with Crippen LogP contribution in [0.3, 0.4) is 0 Å². The highest BCUT2D eigenvalue weighted by Crippen LogP contribution is 2.34. The number of halogens is 1. The number of rotatable bonds is 2. The van der Waals surface area contributed by atoms with Crippen LogP contribution < -0.4 is 10.2 Å². The van der Waals surface area contributed by atoms with Crippen molar-refractivity contribution in [3.63, 3.8) is 0 Å². The van der Waals surface area contributed by atoms with Crippen LogP contribution in [-0.2, 0) is 0 Å². The molecule has 0 unspecified atom stereocenters. The molecule has 0 aromatic heterocycles. The van der Waals surface area contributed by atoms with Crippen LogP contribution in [0.4, 0.5) is 5.69 Å². The van der Waals surface area contributed by atoms with Crippen LogP contribution in [0.15, 0.2) is 0 Å². The van der Waals surface area contributed by atoms with Gasteiger partial charge in [-0.25, -0.2) is 4.79 Å². The van der Waals surface area contributed by atoms with Gasteiger partial charge in [-0.3, -0.25) is 0 Å². The van der Waals surface area contributed by atoms with Gasteiger partial charge >= 0.3 is 5.97 Å². The molecule has 2 N–H and O–H groups in total. The Labute approximate surface area is 127 Å². The molecule has 0 atom stereocenters. The Morgan fingerprint density at radius 1 is 1.16 bits per heavy atom. The fourth-order valence-corrected chi connectivity index (χ4v) is 3.38. The van der Waals surface area contributed by atoms with Gasteiger partial charge in [0.1, 0.15) is 0 Å². The molecule has 1 fully saturated rings. The number of piperazine rings is 1. The quantitative estimate of drug-likeness (QED) is 0.781. The van der Waals surface area contributed by atoms with Crippen LogP contribution >= 0.6 is 22.6 Å². The monoisotopic (exact) mass is 374 g/mol. The predicted molar refractivity (Wildman–Crippen MR) is 85.4 cm³/mol. The summed E-state index contributed by atoms with van der Waals surface area (Å²) in [4.78, 5) is 13.8. The molecule has 1 saturated heterocycles. The van der Waals surface area contributed by atoms with Gasteiger partial charge in [-0.15, -0.1) is 0 Å². The fraction of sp³-hybridized carbons (Fsp3) is 0.500. The molecule has 1 aliphatic rings. The topological polar surface area (TPSA) is 52.6 Å². The van der Waals surface area contributed by atoms with Crippen LogP contribution in [-0.4, -0.2) is 37.3 Å². The smallest absolute Gasteiger partial charge is 0.336 e. The van der Waals surface area contributed by atoms with Gasteiger partial charge in [-0.1, -0.05) is 0 Å². The highest BCUT2D eigenvalue weighted by Gasteiger charge is 2.23. The SMILES string of the molecule is Cc1c(I)c(C)c(N2CCNCC2)c(C)c1C(=O)O. The maximum atomic E-state index is 11.5. The number of hydrogen-bond donors (Lipinski definition) is 2. The summed E-state index contributed by atoms with van der Waals surface area (Å²) >= 11 is 2.26. The molecule has 1 aliphatic heterocycles. The molecule has 0 radical (unpaired) electrons. The summed E-state index contributed by atoms with van der Waals surface area (Å²) in [5.74, 6) is -0.829. The van der Waals surface area contributed by atoms with E-state index >= 15 is 0 Å². The Morgan fingerprint density at radius 2 is 1.74 bits per heavy atom. The second-order valence-corrected chi connectivity index (χ2v) is 6.03. The molecule has 1 heterocycles. The Bertz CT molecular complexity index is 523. The minimum absolute atomic E-state index is 0.462. The molecular weight excluding hydrogens is 355 g/mol. The Kier molecular flexibility index (Phi) is 4.35. The first-order valence-corrected chi connectivity index (χ1v) is 7.51. The first kappa shape index (κ1) is 14.6. The lowest BCUT2D eigenvalue weighted by atomic mass is 9.96. The van der Waals surface area contributed by atoms with Crippen molar-refractivity contribution in [2.24, 2.45) is 0 Å². The van der Waals surface area contributed by atoms with E-state index in [0.29, 0.717) is 5.56 Å². The number of carbonyl (C=O) groups is 1. The summed E-state index contributed by atoms with van der Waals surface area (Å²) in [5, 5.41) is 12.8. The first-order valence-electron chi connectivity index (χ1n) is 6.43. The summed E-state index contributed by atoms with van der Waals surface area (Å²) in [5.41, 5.74) is 4.53. The van der Waals surface area contributed by atoms with Crippen LogP contribution in [0.1, 0.15) is 27.0 Å². The van der Waals surface area contributed by atoms with Gasteiger partial charge in [0.25, 0.3) is 0 Å². The summed E-state index contributed by atoms with van der Waals surface area (Å²) in [6, 6.07) is 0. The lowest BCUT2D eigenvalue weighted by Gasteiger charge is -2.33. The number of carboxylic acids is 1. The van der Waals surface area contributed by atoms with E-state index in [-0.39, 0.29) is 0 Å². The van der Waals surface area contributed by atoms with E-state index in [4.69, 9.17) is 0 Å². The second-order valence-electron chi connectivity index (χ2n) is 4.95. The van der Waals surface area contributed by atoms with Crippen molar-refractivity contribution in [1.82, 2.24) is 5.32 Å². The zero-order chi connectivity index (χ0) is 14.2. The molecule has 0 saturated carbocycles. The number of hydrogen-bond acceptors (Lipinski definition) is 3. The molecule has 0 aliphatic carbocycles. The van der Waals surface area contributed by atoms with Crippen LogP contribution in [0.25, 0.3) is 0 Å². The zero-order valence-corrected chi connectivity index (χ0v) is 13.7. The van der Waals surface area contributed by atoms with E-state index in [1.807, 2.05) is 13.8 Å². The lowest BCUT2D eigenvalue weighted by molar-refractivity contribution is 0.0695. The van der Waals surface area contributed by atoms with E-state index in [0.717, 1.165) is 46.6 Å². The van der Waals surface area contributed by atoms with Gasteiger partial charge in [-0.05, 0) is 60.1 Å². The van der Waals surface area contributed by atoms with Crippen molar-refractivity contribution >= 4 is 34.2 Å². The summed E-state index contributed by atoms with van der Waals surface area (Å²) in [6.07, 6.45) is 0. The summed E-state index contributed by atoms with van der Waals surface area (Å²) in [7, 11) is 0. The maximum absolute atomic E-state index is 11.5. The molecule has 0 bridgehead atoms. The molecule has 5 heteroatoms. The first-order chi connectivity index (χ1) is 8.95. The maximum Gasteiger partial charge on any atom is 0.336 e.